The second-order valence-electron chi connectivity index (χ2n) is 7.41. The first-order valence-corrected chi connectivity index (χ1v) is 12.0. The van der Waals surface area contributed by atoms with Gasteiger partial charge in [-0.05, 0) is 32.4 Å². The fraction of sp³-hybridized carbons (Fsp3) is 0.476. The lowest BCUT2D eigenvalue weighted by Gasteiger charge is -2.24. The van der Waals surface area contributed by atoms with Crippen molar-refractivity contribution in [3.8, 4) is 11.5 Å². The van der Waals surface area contributed by atoms with E-state index in [-0.39, 0.29) is 41.9 Å². The summed E-state index contributed by atoms with van der Waals surface area (Å²) in [6.45, 7) is 4.15. The van der Waals surface area contributed by atoms with Gasteiger partial charge in [-0.1, -0.05) is 17.8 Å². The lowest BCUT2D eigenvalue weighted by Crippen LogP contribution is -2.38. The van der Waals surface area contributed by atoms with E-state index in [0.717, 1.165) is 6.07 Å². The summed E-state index contributed by atoms with van der Waals surface area (Å²) >= 11 is 2.76. The first kappa shape index (κ1) is 25.2. The Morgan fingerprint density at radius 2 is 2.09 bits per heavy atom. The number of amides is 1. The van der Waals surface area contributed by atoms with E-state index in [1.807, 2.05) is 0 Å². The molecule has 1 saturated heterocycles. The molecule has 1 aromatic heterocycles. The number of rotatable bonds is 10. The molecule has 2 heterocycles. The third-order valence-electron chi connectivity index (χ3n) is 4.53. The Morgan fingerprint density at radius 3 is 2.82 bits per heavy atom. The number of halogens is 3. The van der Waals surface area contributed by atoms with Crippen molar-refractivity contribution in [1.82, 2.24) is 9.88 Å². The summed E-state index contributed by atoms with van der Waals surface area (Å²) in [5.41, 5.74) is 0.261. The number of ether oxygens (including phenoxy) is 3. The second kappa shape index (κ2) is 11.1. The Morgan fingerprint density at radius 1 is 1.33 bits per heavy atom. The van der Waals surface area contributed by atoms with Crippen molar-refractivity contribution >= 4 is 35.0 Å². The number of hydrogen-bond donors (Lipinski definition) is 0. The molecule has 180 valence electrons. The summed E-state index contributed by atoms with van der Waals surface area (Å²) in [4.78, 5) is 30.2. The molecule has 33 heavy (non-hydrogen) atoms. The molecule has 0 saturated carbocycles. The molecule has 0 radical (unpaired) electrons. The van der Waals surface area contributed by atoms with Crippen molar-refractivity contribution in [2.45, 2.75) is 49.5 Å². The molecule has 1 aromatic carbocycles. The van der Waals surface area contributed by atoms with E-state index in [1.165, 1.54) is 41.3 Å². The summed E-state index contributed by atoms with van der Waals surface area (Å²) in [7, 11) is 0. The number of thioether (sulfide) groups is 1. The standard InChI is InChI=1S/C21H23F3N2O5S2/c1-13(2)30-19(28)17-12-33-20(25-17)32-9-8-26-14(6-7-18(26)27)11-29-15-4-3-5-16(10-15)31-21(22,23)24/h3-5,10,12-14H,6-9,11H2,1-2H3/t14-/m1/s1. The van der Waals surface area contributed by atoms with Gasteiger partial charge in [-0.25, -0.2) is 9.78 Å². The smallest absolute Gasteiger partial charge is 0.491 e. The molecule has 1 amide bonds. The molecular formula is C21H23F3N2O5S2. The van der Waals surface area contributed by atoms with Crippen LogP contribution in [0.1, 0.15) is 37.2 Å². The molecule has 1 fully saturated rings. The van der Waals surface area contributed by atoms with E-state index in [1.54, 1.807) is 24.1 Å². The third kappa shape index (κ3) is 7.81. The molecule has 1 atom stereocenters. The van der Waals surface area contributed by atoms with Gasteiger partial charge >= 0.3 is 12.3 Å². The predicted molar refractivity (Wildman–Crippen MR) is 117 cm³/mol. The van der Waals surface area contributed by atoms with Gasteiger partial charge in [0.15, 0.2) is 10.0 Å². The fourth-order valence-electron chi connectivity index (χ4n) is 3.15. The molecule has 0 spiro atoms. The first-order valence-electron chi connectivity index (χ1n) is 10.2. The predicted octanol–water partition coefficient (Wildman–Crippen LogP) is 4.77. The summed E-state index contributed by atoms with van der Waals surface area (Å²) in [6, 6.07) is 5.11. The van der Waals surface area contributed by atoms with Crippen LogP contribution in [0.3, 0.4) is 0 Å². The van der Waals surface area contributed by atoms with Crippen molar-refractivity contribution in [2.75, 3.05) is 18.9 Å². The van der Waals surface area contributed by atoms with E-state index in [4.69, 9.17) is 9.47 Å². The van der Waals surface area contributed by atoms with E-state index >= 15 is 0 Å². The van der Waals surface area contributed by atoms with Gasteiger partial charge in [0.25, 0.3) is 0 Å². The molecule has 0 N–H and O–H groups in total. The highest BCUT2D eigenvalue weighted by molar-refractivity contribution is 8.01. The molecule has 0 bridgehead atoms. The number of esters is 1. The quantitative estimate of drug-likeness (QED) is 0.341. The molecule has 1 aliphatic rings. The van der Waals surface area contributed by atoms with Gasteiger partial charge in [0.05, 0.1) is 12.1 Å². The Balaban J connectivity index is 1.49. The number of carbonyl (C=O) groups excluding carboxylic acids is 2. The Bertz CT molecular complexity index is 967. The number of carbonyl (C=O) groups is 2. The second-order valence-corrected chi connectivity index (χ2v) is 9.61. The molecule has 7 nitrogen and oxygen atoms in total. The highest BCUT2D eigenvalue weighted by Gasteiger charge is 2.32. The number of likely N-dealkylation sites (tertiary alicyclic amines) is 1. The van der Waals surface area contributed by atoms with Crippen LogP contribution in [0.2, 0.25) is 0 Å². The minimum atomic E-state index is -4.78. The molecule has 3 rings (SSSR count). The van der Waals surface area contributed by atoms with Crippen molar-refractivity contribution in [3.05, 3.63) is 35.3 Å². The van der Waals surface area contributed by atoms with Crippen LogP contribution in [0, 0.1) is 0 Å². The van der Waals surface area contributed by atoms with Gasteiger partial charge in [0.2, 0.25) is 5.91 Å². The van der Waals surface area contributed by atoms with Crippen LogP contribution in [-0.4, -0.2) is 59.2 Å². The van der Waals surface area contributed by atoms with Crippen molar-refractivity contribution in [2.24, 2.45) is 0 Å². The van der Waals surface area contributed by atoms with E-state index in [2.05, 4.69) is 9.72 Å². The summed E-state index contributed by atoms with van der Waals surface area (Å²) in [6.07, 6.45) is -4.02. The van der Waals surface area contributed by atoms with Crippen LogP contribution >= 0.6 is 23.1 Å². The SMILES string of the molecule is CC(C)OC(=O)c1csc(SCCN2C(=O)CC[C@@H]2COc2cccc(OC(F)(F)F)c2)n1. The van der Waals surface area contributed by atoms with Gasteiger partial charge in [-0.15, -0.1) is 24.5 Å². The molecule has 1 aliphatic heterocycles. The zero-order valence-electron chi connectivity index (χ0n) is 18.0. The lowest BCUT2D eigenvalue weighted by atomic mass is 10.2. The van der Waals surface area contributed by atoms with Crippen LogP contribution in [0.4, 0.5) is 13.2 Å². The summed E-state index contributed by atoms with van der Waals surface area (Å²) in [5.74, 6) is -0.0307. The zero-order valence-corrected chi connectivity index (χ0v) is 19.6. The third-order valence-corrected chi connectivity index (χ3v) is 6.53. The maximum absolute atomic E-state index is 12.4. The molecular weight excluding hydrogens is 481 g/mol. The topological polar surface area (TPSA) is 78.0 Å². The normalized spacial score (nSPS) is 16.4. The number of benzene rings is 1. The maximum Gasteiger partial charge on any atom is 0.573 e. The van der Waals surface area contributed by atoms with E-state index in [0.29, 0.717) is 29.5 Å². The average Bonchev–Trinajstić information content (AvgIpc) is 3.32. The van der Waals surface area contributed by atoms with Gasteiger partial charge in [0.1, 0.15) is 18.1 Å². The number of alkyl halides is 3. The average molecular weight is 505 g/mol. The Labute approximate surface area is 197 Å². The van der Waals surface area contributed by atoms with Crippen LogP contribution in [0.15, 0.2) is 34.0 Å². The number of thiazole rings is 1. The minimum Gasteiger partial charge on any atom is -0.491 e. The van der Waals surface area contributed by atoms with Crippen LogP contribution in [0.5, 0.6) is 11.5 Å². The van der Waals surface area contributed by atoms with Crippen LogP contribution < -0.4 is 9.47 Å². The molecule has 0 unspecified atom stereocenters. The van der Waals surface area contributed by atoms with Gasteiger partial charge < -0.3 is 19.1 Å². The largest absolute Gasteiger partial charge is 0.573 e. The van der Waals surface area contributed by atoms with Crippen molar-refractivity contribution in [1.29, 1.82) is 0 Å². The zero-order chi connectivity index (χ0) is 24.0. The summed E-state index contributed by atoms with van der Waals surface area (Å²) < 4.78 is 52.6. The minimum absolute atomic E-state index is 0.00121. The Hall–Kier alpha value is -2.47. The highest BCUT2D eigenvalue weighted by atomic mass is 32.2. The first-order chi connectivity index (χ1) is 15.6. The fourth-order valence-corrected chi connectivity index (χ4v) is 4.95. The van der Waals surface area contributed by atoms with E-state index in [9.17, 15) is 22.8 Å². The van der Waals surface area contributed by atoms with E-state index < -0.39 is 12.3 Å². The highest BCUT2D eigenvalue weighted by Crippen LogP contribution is 2.28. The lowest BCUT2D eigenvalue weighted by molar-refractivity contribution is -0.274. The van der Waals surface area contributed by atoms with Gasteiger partial charge in [-0.2, -0.15) is 0 Å². The number of hydrogen-bond acceptors (Lipinski definition) is 8. The van der Waals surface area contributed by atoms with Gasteiger partial charge in [-0.3, -0.25) is 4.79 Å². The van der Waals surface area contributed by atoms with Gasteiger partial charge in [0, 0.05) is 30.2 Å². The van der Waals surface area contributed by atoms with Crippen molar-refractivity contribution < 1.29 is 37.0 Å². The van der Waals surface area contributed by atoms with Crippen LogP contribution in [0.25, 0.3) is 0 Å². The summed E-state index contributed by atoms with van der Waals surface area (Å²) in [5, 5.41) is 1.64. The van der Waals surface area contributed by atoms with Crippen LogP contribution in [-0.2, 0) is 9.53 Å². The molecule has 0 aliphatic carbocycles. The monoisotopic (exact) mass is 504 g/mol. The molecule has 12 heteroatoms. The van der Waals surface area contributed by atoms with Crippen molar-refractivity contribution in [3.63, 3.8) is 0 Å². The number of nitrogens with zero attached hydrogens (tertiary/aromatic N) is 2. The molecule has 2 aromatic rings. The number of aromatic nitrogens is 1. The Kier molecular flexibility index (Phi) is 8.46. The maximum atomic E-state index is 12.4.